The summed E-state index contributed by atoms with van der Waals surface area (Å²) < 4.78 is 43.8. The van der Waals surface area contributed by atoms with Crippen LogP contribution in [0.2, 0.25) is 0 Å². The maximum Gasteiger partial charge on any atom is 0.406 e. The van der Waals surface area contributed by atoms with Crippen LogP contribution in [0, 0.1) is 0 Å². The molecule has 29 heavy (non-hydrogen) atoms. The summed E-state index contributed by atoms with van der Waals surface area (Å²) in [6.07, 6.45) is -3.38. The Kier molecular flexibility index (Phi) is 5.36. The van der Waals surface area contributed by atoms with E-state index in [0.29, 0.717) is 15.4 Å². The number of amides is 4. The van der Waals surface area contributed by atoms with Gasteiger partial charge in [-0.3, -0.25) is 14.5 Å². The van der Waals surface area contributed by atoms with Gasteiger partial charge in [0.15, 0.2) is 0 Å². The third kappa shape index (κ3) is 4.41. The highest BCUT2D eigenvalue weighted by molar-refractivity contribution is 6.09. The minimum absolute atomic E-state index is 0.147. The van der Waals surface area contributed by atoms with E-state index in [0.717, 1.165) is 0 Å². The molecule has 1 aliphatic rings. The van der Waals surface area contributed by atoms with Gasteiger partial charge in [0, 0.05) is 0 Å². The van der Waals surface area contributed by atoms with Crippen molar-refractivity contribution < 1.29 is 32.0 Å². The fraction of sp³-hybridized carbons (Fsp3) is 0.316. The van der Waals surface area contributed by atoms with Gasteiger partial charge in [0.1, 0.15) is 24.4 Å². The minimum Gasteiger partial charge on any atom is -0.467 e. The molecule has 10 heteroatoms. The van der Waals surface area contributed by atoms with Crippen LogP contribution in [0.15, 0.2) is 53.1 Å². The van der Waals surface area contributed by atoms with Crippen molar-refractivity contribution in [2.24, 2.45) is 0 Å². The van der Waals surface area contributed by atoms with Crippen LogP contribution in [-0.2, 0) is 21.7 Å². The molecule has 1 aromatic carbocycles. The van der Waals surface area contributed by atoms with Crippen LogP contribution in [0.4, 0.5) is 18.0 Å². The highest BCUT2D eigenvalue weighted by atomic mass is 19.4. The number of carbonyl (C=O) groups is 3. The zero-order chi connectivity index (χ0) is 21.2. The van der Waals surface area contributed by atoms with Gasteiger partial charge in [-0.25, -0.2) is 4.79 Å². The highest BCUT2D eigenvalue weighted by Gasteiger charge is 2.50. The molecule has 0 radical (unpaired) electrons. The first-order valence-electron chi connectivity index (χ1n) is 8.67. The molecule has 0 bridgehead atoms. The standard InChI is InChI=1S/C19H18F3N3O4/c1-18(13-6-3-2-4-7-13)16(27)25(17(28)23-18)11-15(26)24(12-19(20,21)22)10-14-8-5-9-29-14/h2-9H,10-12H2,1H3,(H,23,28)/t18-/m1/s1. The van der Waals surface area contributed by atoms with Crippen LogP contribution in [0.1, 0.15) is 18.2 Å². The van der Waals surface area contributed by atoms with Crippen molar-refractivity contribution in [3.05, 3.63) is 60.1 Å². The SMILES string of the molecule is C[C@]1(c2ccccc2)NC(=O)N(CC(=O)N(Cc2ccco2)CC(F)(F)F)C1=O. The average Bonchev–Trinajstić information content (AvgIpc) is 3.24. The zero-order valence-corrected chi connectivity index (χ0v) is 15.4. The second-order valence-electron chi connectivity index (χ2n) is 6.76. The third-order valence-corrected chi connectivity index (χ3v) is 4.57. The molecular weight excluding hydrogens is 391 g/mol. The lowest BCUT2D eigenvalue weighted by Crippen LogP contribution is -2.46. The second-order valence-corrected chi connectivity index (χ2v) is 6.76. The Morgan fingerprint density at radius 3 is 2.45 bits per heavy atom. The summed E-state index contributed by atoms with van der Waals surface area (Å²) in [5.74, 6) is -1.60. The number of furan rings is 1. The minimum atomic E-state index is -4.65. The lowest BCUT2D eigenvalue weighted by molar-refractivity contribution is -0.163. The molecule has 1 atom stereocenters. The molecule has 0 saturated carbocycles. The van der Waals surface area contributed by atoms with Crippen LogP contribution in [0.25, 0.3) is 0 Å². The van der Waals surface area contributed by atoms with Crippen molar-refractivity contribution in [1.29, 1.82) is 0 Å². The van der Waals surface area contributed by atoms with Gasteiger partial charge >= 0.3 is 12.2 Å². The van der Waals surface area contributed by atoms with Gasteiger partial charge in [0.05, 0.1) is 12.8 Å². The van der Waals surface area contributed by atoms with Crippen LogP contribution >= 0.6 is 0 Å². The van der Waals surface area contributed by atoms with Crippen LogP contribution < -0.4 is 5.32 Å². The summed E-state index contributed by atoms with van der Waals surface area (Å²) in [7, 11) is 0. The Labute approximate surface area is 164 Å². The Bertz CT molecular complexity index is 899. The first-order valence-corrected chi connectivity index (χ1v) is 8.67. The van der Waals surface area contributed by atoms with Crippen LogP contribution in [-0.4, -0.2) is 46.9 Å². The van der Waals surface area contributed by atoms with E-state index in [2.05, 4.69) is 5.32 Å². The number of imide groups is 1. The first kappa shape index (κ1) is 20.4. The fourth-order valence-electron chi connectivity index (χ4n) is 3.08. The van der Waals surface area contributed by atoms with Gasteiger partial charge in [-0.05, 0) is 24.6 Å². The van der Waals surface area contributed by atoms with Crippen LogP contribution in [0.5, 0.6) is 0 Å². The summed E-state index contributed by atoms with van der Waals surface area (Å²) >= 11 is 0. The van der Waals surface area contributed by atoms with E-state index in [4.69, 9.17) is 4.42 Å². The summed E-state index contributed by atoms with van der Waals surface area (Å²) in [4.78, 5) is 38.8. The van der Waals surface area contributed by atoms with E-state index in [1.807, 2.05) is 0 Å². The maximum absolute atomic E-state index is 12.9. The van der Waals surface area contributed by atoms with Gasteiger partial charge < -0.3 is 14.6 Å². The molecular formula is C19H18F3N3O4. The predicted octanol–water partition coefficient (Wildman–Crippen LogP) is 2.64. The number of nitrogens with zero attached hydrogens (tertiary/aromatic N) is 2. The molecule has 1 aromatic heterocycles. The van der Waals surface area contributed by atoms with Crippen molar-refractivity contribution >= 4 is 17.8 Å². The molecule has 0 unspecified atom stereocenters. The highest BCUT2D eigenvalue weighted by Crippen LogP contribution is 2.29. The fourth-order valence-corrected chi connectivity index (χ4v) is 3.08. The Morgan fingerprint density at radius 2 is 1.86 bits per heavy atom. The van der Waals surface area contributed by atoms with Crippen LogP contribution in [0.3, 0.4) is 0 Å². The summed E-state index contributed by atoms with van der Waals surface area (Å²) in [6.45, 7) is -1.32. The van der Waals surface area contributed by atoms with E-state index in [-0.39, 0.29) is 5.76 Å². The zero-order valence-electron chi connectivity index (χ0n) is 15.4. The van der Waals surface area contributed by atoms with E-state index in [1.54, 1.807) is 30.3 Å². The summed E-state index contributed by atoms with van der Waals surface area (Å²) in [5, 5.41) is 2.51. The van der Waals surface area contributed by atoms with E-state index >= 15 is 0 Å². The molecule has 0 spiro atoms. The van der Waals surface area contributed by atoms with Gasteiger partial charge in [0.2, 0.25) is 5.91 Å². The third-order valence-electron chi connectivity index (χ3n) is 4.57. The molecule has 0 aliphatic carbocycles. The lowest BCUT2D eigenvalue weighted by atomic mass is 9.92. The number of carbonyl (C=O) groups excluding carboxylic acids is 3. The van der Waals surface area contributed by atoms with Gasteiger partial charge in [-0.15, -0.1) is 0 Å². The molecule has 1 N–H and O–H groups in total. The number of halogens is 3. The smallest absolute Gasteiger partial charge is 0.406 e. The van der Waals surface area contributed by atoms with Gasteiger partial charge in [-0.1, -0.05) is 30.3 Å². The molecule has 1 saturated heterocycles. The molecule has 1 fully saturated rings. The Morgan fingerprint density at radius 1 is 1.17 bits per heavy atom. The largest absolute Gasteiger partial charge is 0.467 e. The van der Waals surface area contributed by atoms with Gasteiger partial charge in [0.25, 0.3) is 5.91 Å². The van der Waals surface area contributed by atoms with E-state index < -0.39 is 49.2 Å². The number of benzene rings is 1. The Balaban J connectivity index is 1.78. The molecule has 1 aliphatic heterocycles. The first-order chi connectivity index (χ1) is 13.6. The quantitative estimate of drug-likeness (QED) is 0.744. The summed E-state index contributed by atoms with van der Waals surface area (Å²) in [5.41, 5.74) is -0.912. The lowest BCUT2D eigenvalue weighted by Gasteiger charge is -2.25. The molecule has 154 valence electrons. The number of nitrogens with one attached hydrogen (secondary N) is 1. The van der Waals surface area contributed by atoms with Crippen molar-refractivity contribution in [3.63, 3.8) is 0 Å². The predicted molar refractivity (Wildman–Crippen MR) is 94.2 cm³/mol. The van der Waals surface area contributed by atoms with E-state index in [9.17, 15) is 27.6 Å². The Hall–Kier alpha value is -3.30. The topological polar surface area (TPSA) is 82.9 Å². The number of hydrogen-bond donors (Lipinski definition) is 1. The van der Waals surface area contributed by atoms with Gasteiger partial charge in [-0.2, -0.15) is 13.2 Å². The molecule has 7 nitrogen and oxygen atoms in total. The van der Waals surface area contributed by atoms with Crippen molar-refractivity contribution in [2.75, 3.05) is 13.1 Å². The maximum atomic E-state index is 12.9. The molecule has 2 heterocycles. The monoisotopic (exact) mass is 409 g/mol. The number of alkyl halides is 3. The number of rotatable bonds is 6. The van der Waals surface area contributed by atoms with Crippen molar-refractivity contribution in [2.45, 2.75) is 25.2 Å². The molecule has 3 rings (SSSR count). The average molecular weight is 409 g/mol. The molecule has 4 amide bonds. The second kappa shape index (κ2) is 7.61. The van der Waals surface area contributed by atoms with Crippen molar-refractivity contribution in [3.8, 4) is 0 Å². The number of hydrogen-bond acceptors (Lipinski definition) is 4. The van der Waals surface area contributed by atoms with Crippen molar-refractivity contribution in [1.82, 2.24) is 15.1 Å². The molecule has 2 aromatic rings. The summed E-state index contributed by atoms with van der Waals surface area (Å²) in [6, 6.07) is 10.4. The normalized spacial score (nSPS) is 19.4. The van der Waals surface area contributed by atoms with E-state index in [1.165, 1.54) is 25.3 Å². The number of urea groups is 1.